The summed E-state index contributed by atoms with van der Waals surface area (Å²) >= 11 is 0. The summed E-state index contributed by atoms with van der Waals surface area (Å²) in [4.78, 5) is 46.9. The number of anilines is 1. The number of carbonyl (C=O) groups excluding carboxylic acids is 2. The van der Waals surface area contributed by atoms with Gasteiger partial charge in [0.2, 0.25) is 5.88 Å². The maximum Gasteiger partial charge on any atom is 0.410 e. The molecule has 4 aromatic rings. The minimum absolute atomic E-state index is 0.0243. The predicted molar refractivity (Wildman–Crippen MR) is 142 cm³/mol. The molecule has 38 heavy (non-hydrogen) atoms. The number of benzene rings is 1. The molecule has 0 atom stereocenters. The number of hydrogen-bond acceptors (Lipinski definition) is 7. The van der Waals surface area contributed by atoms with Gasteiger partial charge in [0.05, 0.1) is 35.0 Å². The number of carbonyl (C=O) groups is 2. The number of pyridine rings is 1. The van der Waals surface area contributed by atoms with Gasteiger partial charge in [0, 0.05) is 37.3 Å². The van der Waals surface area contributed by atoms with Crippen LogP contribution in [-0.2, 0) is 4.74 Å². The number of likely N-dealkylation sites (tertiary alicyclic amines) is 1. The van der Waals surface area contributed by atoms with E-state index in [0.717, 1.165) is 5.69 Å². The van der Waals surface area contributed by atoms with Crippen molar-refractivity contribution < 1.29 is 19.1 Å². The minimum Gasteiger partial charge on any atom is -0.481 e. The Morgan fingerprint density at radius 2 is 1.89 bits per heavy atom. The standard InChI is InChI=1S/C27H30N6O5/c1-27(2,3)38-26(36)32-12-10-16(11-13-32)20-14-21(34)30-24-23-18(6-5-7-19(23)31-33(20)24)29-25(35)17-8-9-22(37-4)28-15-17/h5-9,14-16H,10-13H2,1-4H3,(H,29,35)(H,30,34). The van der Waals surface area contributed by atoms with Crippen molar-refractivity contribution in [1.82, 2.24) is 24.5 Å². The molecular formula is C27H30N6O5. The Balaban J connectivity index is 1.44. The van der Waals surface area contributed by atoms with Gasteiger partial charge in [-0.2, -0.15) is 5.10 Å². The van der Waals surface area contributed by atoms with E-state index >= 15 is 0 Å². The van der Waals surface area contributed by atoms with Crippen molar-refractivity contribution in [3.05, 3.63) is 64.2 Å². The third-order valence-corrected chi connectivity index (χ3v) is 6.48. The average molecular weight is 519 g/mol. The van der Waals surface area contributed by atoms with Gasteiger partial charge in [0.1, 0.15) is 11.2 Å². The molecule has 11 nitrogen and oxygen atoms in total. The average Bonchev–Trinajstić information content (AvgIpc) is 3.26. The third-order valence-electron chi connectivity index (χ3n) is 6.48. The molecule has 3 aromatic heterocycles. The fourth-order valence-electron chi connectivity index (χ4n) is 4.70. The largest absolute Gasteiger partial charge is 0.481 e. The van der Waals surface area contributed by atoms with E-state index in [1.807, 2.05) is 26.8 Å². The molecule has 4 heterocycles. The molecule has 1 aromatic carbocycles. The summed E-state index contributed by atoms with van der Waals surface area (Å²) in [6.45, 7) is 6.57. The lowest BCUT2D eigenvalue weighted by atomic mass is 9.93. The van der Waals surface area contributed by atoms with E-state index in [4.69, 9.17) is 14.6 Å². The van der Waals surface area contributed by atoms with Crippen molar-refractivity contribution in [3.63, 3.8) is 0 Å². The van der Waals surface area contributed by atoms with Gasteiger partial charge < -0.3 is 24.7 Å². The number of rotatable bonds is 4. The van der Waals surface area contributed by atoms with Crippen LogP contribution in [0, 0.1) is 0 Å². The zero-order valence-electron chi connectivity index (χ0n) is 21.8. The molecule has 1 aliphatic rings. The molecule has 0 radical (unpaired) electrons. The number of hydrogen-bond donors (Lipinski definition) is 2. The van der Waals surface area contributed by atoms with Gasteiger partial charge >= 0.3 is 6.09 Å². The van der Waals surface area contributed by atoms with Crippen LogP contribution >= 0.6 is 0 Å². The maximum atomic E-state index is 12.9. The molecule has 1 aliphatic heterocycles. The Morgan fingerprint density at radius 3 is 2.55 bits per heavy atom. The molecule has 1 fully saturated rings. The van der Waals surface area contributed by atoms with Gasteiger partial charge in [0.25, 0.3) is 11.5 Å². The Kier molecular flexibility index (Phi) is 6.52. The Labute approximate surface area is 218 Å². The van der Waals surface area contributed by atoms with E-state index in [-0.39, 0.29) is 23.5 Å². The van der Waals surface area contributed by atoms with Crippen LogP contribution in [0.25, 0.3) is 16.6 Å². The first-order valence-electron chi connectivity index (χ1n) is 12.5. The van der Waals surface area contributed by atoms with E-state index in [1.165, 1.54) is 13.3 Å². The summed E-state index contributed by atoms with van der Waals surface area (Å²) in [5.41, 5.74) is 1.96. The number of aromatic amines is 1. The highest BCUT2D eigenvalue weighted by Crippen LogP contribution is 2.32. The molecule has 0 unspecified atom stereocenters. The maximum absolute atomic E-state index is 12.9. The number of methoxy groups -OCH3 is 1. The zero-order chi connectivity index (χ0) is 27.0. The summed E-state index contributed by atoms with van der Waals surface area (Å²) < 4.78 is 12.3. The molecule has 0 spiro atoms. The lowest BCUT2D eigenvalue weighted by Gasteiger charge is -2.33. The van der Waals surface area contributed by atoms with Crippen molar-refractivity contribution in [2.45, 2.75) is 45.1 Å². The summed E-state index contributed by atoms with van der Waals surface area (Å²) in [6.07, 6.45) is 2.45. The van der Waals surface area contributed by atoms with Gasteiger partial charge in [-0.1, -0.05) is 6.07 Å². The first-order valence-corrected chi connectivity index (χ1v) is 12.5. The molecule has 0 bridgehead atoms. The Hall–Kier alpha value is -4.41. The molecule has 1 saturated heterocycles. The highest BCUT2D eigenvalue weighted by Gasteiger charge is 2.29. The number of piperidine rings is 1. The Bertz CT molecular complexity index is 1560. The van der Waals surface area contributed by atoms with Crippen molar-refractivity contribution in [2.75, 3.05) is 25.5 Å². The number of ether oxygens (including phenoxy) is 2. The molecule has 0 aliphatic carbocycles. The predicted octanol–water partition coefficient (Wildman–Crippen LogP) is 3.95. The summed E-state index contributed by atoms with van der Waals surface area (Å²) in [5.74, 6) is 0.0875. The minimum atomic E-state index is -0.557. The molecule has 5 rings (SSSR count). The number of aromatic nitrogens is 4. The van der Waals surface area contributed by atoms with Crippen molar-refractivity contribution in [3.8, 4) is 5.88 Å². The van der Waals surface area contributed by atoms with Crippen LogP contribution < -0.4 is 15.6 Å². The molecule has 198 valence electrons. The van der Waals surface area contributed by atoms with Gasteiger partial charge in [-0.25, -0.2) is 14.3 Å². The van der Waals surface area contributed by atoms with Crippen LogP contribution in [0.2, 0.25) is 0 Å². The summed E-state index contributed by atoms with van der Waals surface area (Å²) in [6, 6.07) is 10.2. The number of nitrogens with zero attached hydrogens (tertiary/aromatic N) is 4. The van der Waals surface area contributed by atoms with E-state index in [2.05, 4.69) is 15.3 Å². The SMILES string of the molecule is COc1ccc(C(=O)Nc2cccc3nn4c(C5CCN(C(=O)OC(C)(C)C)CC5)cc(=O)[nH]c4c23)cn1. The molecule has 11 heteroatoms. The van der Waals surface area contributed by atoms with Crippen LogP contribution in [-0.4, -0.2) is 62.3 Å². The normalized spacial score (nSPS) is 14.6. The number of amides is 2. The fourth-order valence-corrected chi connectivity index (χ4v) is 4.70. The molecule has 2 N–H and O–H groups in total. The van der Waals surface area contributed by atoms with Crippen molar-refractivity contribution in [1.29, 1.82) is 0 Å². The van der Waals surface area contributed by atoms with E-state index in [1.54, 1.807) is 39.7 Å². The Morgan fingerprint density at radius 1 is 1.13 bits per heavy atom. The summed E-state index contributed by atoms with van der Waals surface area (Å²) in [5, 5.41) is 8.31. The highest BCUT2D eigenvalue weighted by atomic mass is 16.6. The van der Waals surface area contributed by atoms with Gasteiger partial charge in [-0.05, 0) is 51.8 Å². The number of fused-ring (bicyclic) bond motifs is 3. The highest BCUT2D eigenvalue weighted by molar-refractivity contribution is 6.11. The van der Waals surface area contributed by atoms with Crippen molar-refractivity contribution in [2.24, 2.45) is 0 Å². The molecule has 2 amide bonds. The van der Waals surface area contributed by atoms with Crippen LogP contribution in [0.15, 0.2) is 47.4 Å². The quantitative estimate of drug-likeness (QED) is 0.418. The van der Waals surface area contributed by atoms with Gasteiger partial charge in [-0.15, -0.1) is 0 Å². The monoisotopic (exact) mass is 518 g/mol. The first-order chi connectivity index (χ1) is 18.1. The topological polar surface area (TPSA) is 131 Å². The van der Waals surface area contributed by atoms with E-state index in [9.17, 15) is 14.4 Å². The third kappa shape index (κ3) is 5.04. The van der Waals surface area contributed by atoms with Crippen LogP contribution in [0.4, 0.5) is 10.5 Å². The van der Waals surface area contributed by atoms with Crippen LogP contribution in [0.5, 0.6) is 5.88 Å². The van der Waals surface area contributed by atoms with Crippen LogP contribution in [0.3, 0.4) is 0 Å². The molecular weight excluding hydrogens is 488 g/mol. The second-order valence-electron chi connectivity index (χ2n) is 10.3. The first kappa shape index (κ1) is 25.2. The second kappa shape index (κ2) is 9.81. The number of H-pyrrole nitrogens is 1. The van der Waals surface area contributed by atoms with Gasteiger partial charge in [0.15, 0.2) is 0 Å². The lowest BCUT2D eigenvalue weighted by Crippen LogP contribution is -2.41. The zero-order valence-corrected chi connectivity index (χ0v) is 21.8. The summed E-state index contributed by atoms with van der Waals surface area (Å²) in [7, 11) is 1.51. The van der Waals surface area contributed by atoms with E-state index in [0.29, 0.717) is 59.6 Å². The van der Waals surface area contributed by atoms with Gasteiger partial charge in [-0.3, -0.25) is 9.59 Å². The molecule has 0 saturated carbocycles. The van der Waals surface area contributed by atoms with E-state index < -0.39 is 5.60 Å². The lowest BCUT2D eigenvalue weighted by molar-refractivity contribution is 0.0203. The fraction of sp³-hybridized carbons (Fsp3) is 0.370. The number of nitrogens with one attached hydrogen (secondary N) is 2. The van der Waals surface area contributed by atoms with Crippen molar-refractivity contribution >= 4 is 34.2 Å². The second-order valence-corrected chi connectivity index (χ2v) is 10.3. The van der Waals surface area contributed by atoms with Crippen LogP contribution in [0.1, 0.15) is 55.6 Å². The smallest absolute Gasteiger partial charge is 0.410 e.